The number of carbonyl (C=O) groups is 1. The maximum absolute atomic E-state index is 14.2. The van der Waals surface area contributed by atoms with Crippen LogP contribution >= 0.6 is 0 Å². The number of imidazole rings is 1. The molecule has 0 radical (unpaired) electrons. The molecule has 4 aromatic rings. The summed E-state index contributed by atoms with van der Waals surface area (Å²) in [5.41, 5.74) is 0.367. The first kappa shape index (κ1) is 20.2. The van der Waals surface area contributed by atoms with Crippen LogP contribution in [0, 0.1) is 5.82 Å². The average molecular weight is 447 g/mol. The number of H-pyrrole nitrogens is 1. The topological polar surface area (TPSA) is 121 Å². The molecule has 12 heteroatoms. The van der Waals surface area contributed by atoms with E-state index in [9.17, 15) is 23.1 Å². The smallest absolute Gasteiger partial charge is 0.292 e. The van der Waals surface area contributed by atoms with Gasteiger partial charge in [0.05, 0.1) is 12.0 Å². The highest BCUT2D eigenvalue weighted by molar-refractivity contribution is 5.93. The number of amides is 1. The molecule has 9 nitrogen and oxygen atoms in total. The van der Waals surface area contributed by atoms with Gasteiger partial charge >= 0.3 is 0 Å². The fraction of sp³-hybridized carbons (Fsp3) is 0.300. The molecule has 1 amide bonds. The lowest BCUT2D eigenvalue weighted by Crippen LogP contribution is -2.41. The minimum atomic E-state index is -3.10. The fourth-order valence-electron chi connectivity index (χ4n) is 3.75. The van der Waals surface area contributed by atoms with E-state index in [-0.39, 0.29) is 23.5 Å². The molecule has 0 fully saturated rings. The summed E-state index contributed by atoms with van der Waals surface area (Å²) < 4.78 is 52.2. The predicted molar refractivity (Wildman–Crippen MR) is 101 cm³/mol. The lowest BCUT2D eigenvalue weighted by atomic mass is 10.0. The molecule has 0 aliphatic carbocycles. The van der Waals surface area contributed by atoms with Crippen LogP contribution in [-0.2, 0) is 6.42 Å². The molecule has 2 N–H and O–H groups in total. The maximum atomic E-state index is 14.2. The summed E-state index contributed by atoms with van der Waals surface area (Å²) in [4.78, 5) is 29.6. The van der Waals surface area contributed by atoms with Crippen molar-refractivity contribution < 1.29 is 31.9 Å². The number of fused-ring (bicyclic) bond motifs is 2. The summed E-state index contributed by atoms with van der Waals surface area (Å²) in [6.07, 6.45) is -2.61. The molecule has 1 aliphatic heterocycles. The molecule has 166 valence electrons. The molecule has 0 bridgehead atoms. The molecular formula is C20H16F3N5O4. The molecule has 0 saturated carbocycles. The van der Waals surface area contributed by atoms with Gasteiger partial charge in [-0.15, -0.1) is 0 Å². The van der Waals surface area contributed by atoms with E-state index in [0.717, 1.165) is 0 Å². The van der Waals surface area contributed by atoms with Crippen molar-refractivity contribution in [2.75, 3.05) is 6.54 Å². The van der Waals surface area contributed by atoms with E-state index in [1.54, 1.807) is 0 Å². The molecule has 0 saturated heterocycles. The van der Waals surface area contributed by atoms with Crippen LogP contribution in [0.25, 0.3) is 11.1 Å². The molecule has 1 aromatic carbocycles. The number of carbonyl (C=O) groups excluding carboxylic acids is 1. The van der Waals surface area contributed by atoms with Crippen molar-refractivity contribution in [3.05, 3.63) is 65.0 Å². The fourth-order valence-corrected chi connectivity index (χ4v) is 3.75. The molecule has 3 aromatic heterocycles. The summed E-state index contributed by atoms with van der Waals surface area (Å²) in [6.45, 7) is 1.37. The van der Waals surface area contributed by atoms with Crippen LogP contribution in [0.2, 0.25) is 0 Å². The molecule has 0 unspecified atom stereocenters. The van der Waals surface area contributed by atoms with E-state index in [1.165, 1.54) is 36.4 Å². The first-order chi connectivity index (χ1) is 15.3. The molecule has 1 aliphatic rings. The van der Waals surface area contributed by atoms with Crippen molar-refractivity contribution in [3.8, 4) is 0 Å². The van der Waals surface area contributed by atoms with Gasteiger partial charge in [0.1, 0.15) is 11.6 Å². The van der Waals surface area contributed by atoms with Gasteiger partial charge in [-0.05, 0) is 19.1 Å². The van der Waals surface area contributed by atoms with Gasteiger partial charge in [0, 0.05) is 18.7 Å². The molecule has 2 atom stereocenters. The Morgan fingerprint density at radius 2 is 2.12 bits per heavy atom. The Balaban J connectivity index is 1.63. The second-order valence-electron chi connectivity index (χ2n) is 7.30. The Bertz CT molecular complexity index is 1310. The Hall–Kier alpha value is -3.67. The van der Waals surface area contributed by atoms with Gasteiger partial charge in [-0.2, -0.15) is 0 Å². The first-order valence-corrected chi connectivity index (χ1v) is 9.70. The van der Waals surface area contributed by atoms with Crippen LogP contribution in [-0.4, -0.2) is 42.4 Å². The van der Waals surface area contributed by atoms with E-state index in [2.05, 4.69) is 19.9 Å². The number of para-hydroxylation sites is 1. The van der Waals surface area contributed by atoms with E-state index in [0.29, 0.717) is 17.8 Å². The SMILES string of the molecule is C[C@H](O)c1nc(C(F)F)c(C(=O)N2CCc3[nH]cnc3[C@H]2c2nc3c(F)cccc3o2)o1. The van der Waals surface area contributed by atoms with Crippen LogP contribution in [0.1, 0.15) is 64.9 Å². The van der Waals surface area contributed by atoms with E-state index in [1.807, 2.05) is 0 Å². The maximum Gasteiger partial charge on any atom is 0.292 e. The van der Waals surface area contributed by atoms with Crippen LogP contribution in [0.5, 0.6) is 0 Å². The van der Waals surface area contributed by atoms with Crippen LogP contribution in [0.3, 0.4) is 0 Å². The number of oxazole rings is 2. The molecule has 5 rings (SSSR count). The van der Waals surface area contributed by atoms with E-state index < -0.39 is 47.6 Å². The normalized spacial score (nSPS) is 17.2. The summed E-state index contributed by atoms with van der Waals surface area (Å²) in [5, 5.41) is 9.67. The number of nitrogens with zero attached hydrogens (tertiary/aromatic N) is 4. The number of aliphatic hydroxyl groups excluding tert-OH is 1. The van der Waals surface area contributed by atoms with Gasteiger partial charge in [-0.3, -0.25) is 4.79 Å². The Morgan fingerprint density at radius 3 is 2.84 bits per heavy atom. The van der Waals surface area contributed by atoms with Gasteiger partial charge in [0.2, 0.25) is 17.5 Å². The van der Waals surface area contributed by atoms with Crippen LogP contribution in [0.15, 0.2) is 33.4 Å². The van der Waals surface area contributed by atoms with Crippen molar-refractivity contribution in [2.45, 2.75) is 31.9 Å². The number of hydrogen-bond acceptors (Lipinski definition) is 7. The van der Waals surface area contributed by atoms with Gasteiger partial charge in [-0.1, -0.05) is 6.07 Å². The minimum Gasteiger partial charge on any atom is -0.438 e. The summed E-state index contributed by atoms with van der Waals surface area (Å²) in [6, 6.07) is 3.18. The van der Waals surface area contributed by atoms with E-state index >= 15 is 0 Å². The zero-order chi connectivity index (χ0) is 22.6. The highest BCUT2D eigenvalue weighted by atomic mass is 19.3. The number of halogens is 3. The van der Waals surface area contributed by atoms with Gasteiger partial charge in [0.25, 0.3) is 12.3 Å². The van der Waals surface area contributed by atoms with Crippen molar-refractivity contribution in [3.63, 3.8) is 0 Å². The number of aromatic amines is 1. The van der Waals surface area contributed by atoms with Crippen LogP contribution < -0.4 is 0 Å². The first-order valence-electron chi connectivity index (χ1n) is 9.70. The number of nitrogens with one attached hydrogen (secondary N) is 1. The Morgan fingerprint density at radius 1 is 1.31 bits per heavy atom. The van der Waals surface area contributed by atoms with Crippen molar-refractivity contribution in [1.82, 2.24) is 24.8 Å². The average Bonchev–Trinajstić information content (AvgIpc) is 3.49. The number of aromatic nitrogens is 4. The molecular weight excluding hydrogens is 431 g/mol. The standard InChI is InChI=1S/C20H16F3N5O4/c1-8(29)18-27-14(17(22)23)16(32-18)20(30)28-6-5-10-13(25-7-24-10)15(28)19-26-12-9(21)3-2-4-11(12)31-19/h2-4,7-8,15,17,29H,5-6H2,1H3,(H,24,25)/t8-,15-/m0/s1. The third-order valence-electron chi connectivity index (χ3n) is 5.23. The Kier molecular flexibility index (Phi) is 4.73. The summed E-state index contributed by atoms with van der Waals surface area (Å²) in [7, 11) is 0. The van der Waals surface area contributed by atoms with Gasteiger partial charge in [-0.25, -0.2) is 28.1 Å². The number of benzene rings is 1. The number of rotatable bonds is 4. The largest absolute Gasteiger partial charge is 0.438 e. The highest BCUT2D eigenvalue weighted by Gasteiger charge is 2.41. The lowest BCUT2D eigenvalue weighted by molar-refractivity contribution is 0.0612. The Labute approximate surface area is 177 Å². The van der Waals surface area contributed by atoms with Crippen molar-refractivity contribution in [2.24, 2.45) is 0 Å². The molecule has 32 heavy (non-hydrogen) atoms. The quantitative estimate of drug-likeness (QED) is 0.491. The number of aliphatic hydroxyl groups is 1. The lowest BCUT2D eigenvalue weighted by Gasteiger charge is -2.32. The zero-order valence-corrected chi connectivity index (χ0v) is 16.6. The number of hydrogen-bond donors (Lipinski definition) is 2. The summed E-state index contributed by atoms with van der Waals surface area (Å²) in [5.74, 6) is -2.63. The van der Waals surface area contributed by atoms with E-state index in [4.69, 9.17) is 8.83 Å². The van der Waals surface area contributed by atoms with Crippen molar-refractivity contribution in [1.29, 1.82) is 0 Å². The van der Waals surface area contributed by atoms with Gasteiger partial charge < -0.3 is 23.8 Å². The zero-order valence-electron chi connectivity index (χ0n) is 16.6. The predicted octanol–water partition coefficient (Wildman–Crippen LogP) is 3.46. The van der Waals surface area contributed by atoms with Gasteiger partial charge in [0.15, 0.2) is 23.1 Å². The summed E-state index contributed by atoms with van der Waals surface area (Å²) >= 11 is 0. The van der Waals surface area contributed by atoms with Crippen LogP contribution in [0.4, 0.5) is 13.2 Å². The second kappa shape index (κ2) is 7.48. The second-order valence-corrected chi connectivity index (χ2v) is 7.30. The third kappa shape index (κ3) is 3.14. The third-order valence-corrected chi connectivity index (χ3v) is 5.23. The molecule has 0 spiro atoms. The highest BCUT2D eigenvalue weighted by Crippen LogP contribution is 2.37. The minimum absolute atomic E-state index is 0.0260. The monoisotopic (exact) mass is 447 g/mol. The number of alkyl halides is 2. The van der Waals surface area contributed by atoms with Crippen molar-refractivity contribution >= 4 is 17.0 Å². The molecule has 4 heterocycles.